The molecule has 0 spiro atoms. The Morgan fingerprint density at radius 3 is 2.79 bits per heavy atom. The molecular weight excluding hydrogens is 322 g/mol. The Balaban J connectivity index is 1.56. The Morgan fingerprint density at radius 2 is 2.04 bits per heavy atom. The van der Waals surface area contributed by atoms with Crippen molar-refractivity contribution in [3.63, 3.8) is 0 Å². The van der Waals surface area contributed by atoms with E-state index in [-0.39, 0.29) is 5.91 Å². The standard InChI is InChI=1S/C17H17N5OS/c1-22-15(12-14(21-22)13-5-9-18-10-6-13)20-16(23)7-11-24-17-4-2-3-8-19-17/h2-6,8-10,12H,7,11H2,1H3,(H,20,23). The van der Waals surface area contributed by atoms with Crippen molar-refractivity contribution in [1.29, 1.82) is 0 Å². The quantitative estimate of drug-likeness (QED) is 0.699. The maximum Gasteiger partial charge on any atom is 0.226 e. The first-order valence-electron chi connectivity index (χ1n) is 7.50. The van der Waals surface area contributed by atoms with Gasteiger partial charge in [-0.2, -0.15) is 5.10 Å². The summed E-state index contributed by atoms with van der Waals surface area (Å²) in [5.74, 6) is 1.31. The molecule has 0 saturated heterocycles. The molecule has 0 aliphatic rings. The third-order valence-corrected chi connectivity index (χ3v) is 4.29. The van der Waals surface area contributed by atoms with Crippen LogP contribution in [0.15, 0.2) is 60.0 Å². The molecule has 24 heavy (non-hydrogen) atoms. The Morgan fingerprint density at radius 1 is 1.21 bits per heavy atom. The first-order valence-corrected chi connectivity index (χ1v) is 8.49. The number of hydrogen-bond donors (Lipinski definition) is 1. The summed E-state index contributed by atoms with van der Waals surface area (Å²) in [6, 6.07) is 11.4. The van der Waals surface area contributed by atoms with E-state index in [0.717, 1.165) is 16.3 Å². The number of nitrogens with zero attached hydrogens (tertiary/aromatic N) is 4. The van der Waals surface area contributed by atoms with Gasteiger partial charge in [0.2, 0.25) is 5.91 Å². The van der Waals surface area contributed by atoms with E-state index in [9.17, 15) is 4.79 Å². The minimum atomic E-state index is -0.0392. The minimum Gasteiger partial charge on any atom is -0.311 e. The third kappa shape index (κ3) is 4.20. The van der Waals surface area contributed by atoms with E-state index in [1.165, 1.54) is 0 Å². The number of thioether (sulfide) groups is 1. The van der Waals surface area contributed by atoms with E-state index in [1.54, 1.807) is 35.0 Å². The van der Waals surface area contributed by atoms with Gasteiger partial charge in [-0.05, 0) is 24.3 Å². The molecule has 0 saturated carbocycles. The van der Waals surface area contributed by atoms with Gasteiger partial charge in [0, 0.05) is 49.4 Å². The fourth-order valence-corrected chi connectivity index (χ4v) is 2.94. The van der Waals surface area contributed by atoms with Gasteiger partial charge in [-0.25, -0.2) is 4.98 Å². The van der Waals surface area contributed by atoms with E-state index < -0.39 is 0 Å². The molecule has 122 valence electrons. The van der Waals surface area contributed by atoms with Crippen molar-refractivity contribution in [2.24, 2.45) is 7.05 Å². The highest BCUT2D eigenvalue weighted by Gasteiger charge is 2.10. The topological polar surface area (TPSA) is 72.7 Å². The van der Waals surface area contributed by atoms with Crippen molar-refractivity contribution in [3.05, 3.63) is 55.0 Å². The maximum absolute atomic E-state index is 12.1. The molecule has 0 bridgehead atoms. The van der Waals surface area contributed by atoms with Crippen LogP contribution in [0.1, 0.15) is 6.42 Å². The monoisotopic (exact) mass is 339 g/mol. The van der Waals surface area contributed by atoms with Gasteiger partial charge in [0.05, 0.1) is 10.7 Å². The molecule has 0 aliphatic heterocycles. The van der Waals surface area contributed by atoms with Gasteiger partial charge in [-0.3, -0.25) is 14.5 Å². The predicted molar refractivity (Wildman–Crippen MR) is 94.6 cm³/mol. The lowest BCUT2D eigenvalue weighted by Crippen LogP contribution is -2.14. The fourth-order valence-electron chi connectivity index (χ4n) is 2.13. The molecule has 3 aromatic rings. The van der Waals surface area contributed by atoms with Gasteiger partial charge in [0.25, 0.3) is 0 Å². The van der Waals surface area contributed by atoms with Crippen LogP contribution in [-0.4, -0.2) is 31.4 Å². The number of rotatable bonds is 6. The lowest BCUT2D eigenvalue weighted by Gasteiger charge is -2.04. The van der Waals surface area contributed by atoms with Crippen LogP contribution in [0.5, 0.6) is 0 Å². The van der Waals surface area contributed by atoms with Crippen LogP contribution in [0.25, 0.3) is 11.3 Å². The Bertz CT molecular complexity index is 804. The predicted octanol–water partition coefficient (Wildman–Crippen LogP) is 3.00. The molecule has 3 rings (SSSR count). The van der Waals surface area contributed by atoms with Crippen LogP contribution in [0.4, 0.5) is 5.82 Å². The van der Waals surface area contributed by atoms with E-state index in [1.807, 2.05) is 43.4 Å². The summed E-state index contributed by atoms with van der Waals surface area (Å²) in [7, 11) is 1.81. The molecule has 0 aliphatic carbocycles. The second-order valence-corrected chi connectivity index (χ2v) is 6.20. The lowest BCUT2D eigenvalue weighted by molar-refractivity contribution is -0.115. The van der Waals surface area contributed by atoms with Crippen LogP contribution in [0.3, 0.4) is 0 Å². The molecule has 7 heteroatoms. The summed E-state index contributed by atoms with van der Waals surface area (Å²) >= 11 is 1.56. The molecule has 3 heterocycles. The number of pyridine rings is 2. The zero-order valence-corrected chi connectivity index (χ0v) is 14.0. The van der Waals surface area contributed by atoms with Crippen molar-refractivity contribution in [1.82, 2.24) is 19.7 Å². The van der Waals surface area contributed by atoms with Crippen LogP contribution in [-0.2, 0) is 11.8 Å². The Labute approximate surface area is 144 Å². The molecule has 0 aromatic carbocycles. The van der Waals surface area contributed by atoms with Crippen molar-refractivity contribution in [2.75, 3.05) is 11.1 Å². The van der Waals surface area contributed by atoms with Crippen molar-refractivity contribution in [3.8, 4) is 11.3 Å². The second kappa shape index (κ2) is 7.74. The number of aromatic nitrogens is 4. The van der Waals surface area contributed by atoms with Crippen molar-refractivity contribution < 1.29 is 4.79 Å². The van der Waals surface area contributed by atoms with Gasteiger partial charge in [-0.1, -0.05) is 6.07 Å². The van der Waals surface area contributed by atoms with Gasteiger partial charge in [0.15, 0.2) is 0 Å². The highest BCUT2D eigenvalue weighted by molar-refractivity contribution is 7.99. The van der Waals surface area contributed by atoms with E-state index in [2.05, 4.69) is 20.4 Å². The van der Waals surface area contributed by atoms with Gasteiger partial charge < -0.3 is 5.32 Å². The zero-order chi connectivity index (χ0) is 16.8. The van der Waals surface area contributed by atoms with E-state index in [0.29, 0.717) is 18.0 Å². The summed E-state index contributed by atoms with van der Waals surface area (Å²) in [5, 5.41) is 8.24. The first-order chi connectivity index (χ1) is 11.7. The number of nitrogens with one attached hydrogen (secondary N) is 1. The van der Waals surface area contributed by atoms with Crippen LogP contribution >= 0.6 is 11.8 Å². The average Bonchev–Trinajstić information content (AvgIpc) is 2.97. The highest BCUT2D eigenvalue weighted by atomic mass is 32.2. The summed E-state index contributed by atoms with van der Waals surface area (Å²) in [4.78, 5) is 20.3. The molecule has 1 N–H and O–H groups in total. The van der Waals surface area contributed by atoms with Gasteiger partial charge in [-0.15, -0.1) is 11.8 Å². The molecule has 0 fully saturated rings. The number of hydrogen-bond acceptors (Lipinski definition) is 5. The van der Waals surface area contributed by atoms with Crippen LogP contribution in [0, 0.1) is 0 Å². The number of anilines is 1. The van der Waals surface area contributed by atoms with Gasteiger partial charge in [0.1, 0.15) is 5.82 Å². The summed E-state index contributed by atoms with van der Waals surface area (Å²) in [6.07, 6.45) is 5.60. The van der Waals surface area contributed by atoms with Crippen molar-refractivity contribution in [2.45, 2.75) is 11.4 Å². The smallest absolute Gasteiger partial charge is 0.226 e. The summed E-state index contributed by atoms with van der Waals surface area (Å²) in [5.41, 5.74) is 1.77. The van der Waals surface area contributed by atoms with Crippen LogP contribution < -0.4 is 5.32 Å². The summed E-state index contributed by atoms with van der Waals surface area (Å²) < 4.78 is 1.67. The van der Waals surface area contributed by atoms with Crippen LogP contribution in [0.2, 0.25) is 0 Å². The summed E-state index contributed by atoms with van der Waals surface area (Å²) in [6.45, 7) is 0. The number of carbonyl (C=O) groups is 1. The van der Waals surface area contributed by atoms with Crippen molar-refractivity contribution >= 4 is 23.5 Å². The second-order valence-electron chi connectivity index (χ2n) is 5.09. The molecule has 3 aromatic heterocycles. The highest BCUT2D eigenvalue weighted by Crippen LogP contribution is 2.21. The third-order valence-electron chi connectivity index (χ3n) is 3.34. The Kier molecular flexibility index (Phi) is 5.22. The molecule has 1 amide bonds. The van der Waals surface area contributed by atoms with Gasteiger partial charge >= 0.3 is 0 Å². The molecule has 0 unspecified atom stereocenters. The first kappa shape index (κ1) is 16.2. The number of amides is 1. The lowest BCUT2D eigenvalue weighted by atomic mass is 10.2. The Hall–Kier alpha value is -2.67. The minimum absolute atomic E-state index is 0.0392. The maximum atomic E-state index is 12.1. The normalized spacial score (nSPS) is 10.5. The van der Waals surface area contributed by atoms with E-state index >= 15 is 0 Å². The fraction of sp³-hybridized carbons (Fsp3) is 0.176. The average molecular weight is 339 g/mol. The number of aryl methyl sites for hydroxylation is 1. The largest absolute Gasteiger partial charge is 0.311 e. The molecule has 0 radical (unpaired) electrons. The zero-order valence-electron chi connectivity index (χ0n) is 13.2. The molecule has 6 nitrogen and oxygen atoms in total. The van der Waals surface area contributed by atoms with E-state index in [4.69, 9.17) is 0 Å². The SMILES string of the molecule is Cn1nc(-c2ccncc2)cc1NC(=O)CCSc1ccccn1. The number of carbonyl (C=O) groups excluding carboxylic acids is 1. The molecular formula is C17H17N5OS. The molecule has 0 atom stereocenters.